The molecule has 1 N–H and O–H groups in total. The number of hydrogen-bond donors (Lipinski definition) is 1. The lowest BCUT2D eigenvalue weighted by Gasteiger charge is -1.97. The van der Waals surface area contributed by atoms with Gasteiger partial charge in [0.2, 0.25) is 5.89 Å². The third kappa shape index (κ3) is 2.28. The Morgan fingerprint density at radius 1 is 1.44 bits per heavy atom. The molecular formula is C10H12N4OS. The summed E-state index contributed by atoms with van der Waals surface area (Å²) in [7, 11) is 0. The summed E-state index contributed by atoms with van der Waals surface area (Å²) in [4.78, 5) is 4.12. The largest absolute Gasteiger partial charge is 0.419 e. The van der Waals surface area contributed by atoms with Crippen LogP contribution in [-0.4, -0.2) is 27.8 Å². The van der Waals surface area contributed by atoms with Crippen LogP contribution in [0.1, 0.15) is 18.7 Å². The molecule has 0 bridgehead atoms. The predicted octanol–water partition coefficient (Wildman–Crippen LogP) is 1.49. The van der Waals surface area contributed by atoms with Crippen LogP contribution >= 0.6 is 11.3 Å². The maximum atomic E-state index is 5.51. The number of nitrogens with one attached hydrogen (secondary N) is 1. The molecule has 3 rings (SSSR count). The molecule has 0 aliphatic heterocycles. The van der Waals surface area contributed by atoms with Crippen molar-refractivity contribution in [3.63, 3.8) is 0 Å². The molecule has 84 valence electrons. The summed E-state index contributed by atoms with van der Waals surface area (Å²) in [5.41, 5.74) is 2.52. The SMILES string of the molecule is c1nc(-c2nnc(CCNC3CC3)o2)cs1. The molecule has 1 saturated carbocycles. The van der Waals surface area contributed by atoms with Gasteiger partial charge in [0.15, 0.2) is 0 Å². The molecule has 2 heterocycles. The molecule has 6 heteroatoms. The van der Waals surface area contributed by atoms with Crippen molar-refractivity contribution in [3.8, 4) is 11.6 Å². The van der Waals surface area contributed by atoms with E-state index in [9.17, 15) is 0 Å². The highest BCUT2D eigenvalue weighted by Gasteiger charge is 2.20. The van der Waals surface area contributed by atoms with Gasteiger partial charge in [-0.1, -0.05) is 0 Å². The number of thiazole rings is 1. The number of rotatable bonds is 5. The van der Waals surface area contributed by atoms with Crippen molar-refractivity contribution in [1.82, 2.24) is 20.5 Å². The maximum absolute atomic E-state index is 5.51. The van der Waals surface area contributed by atoms with Crippen molar-refractivity contribution >= 4 is 11.3 Å². The van der Waals surface area contributed by atoms with Crippen molar-refractivity contribution in [2.75, 3.05) is 6.54 Å². The molecule has 0 radical (unpaired) electrons. The quantitative estimate of drug-likeness (QED) is 0.852. The molecule has 5 nitrogen and oxygen atoms in total. The van der Waals surface area contributed by atoms with E-state index >= 15 is 0 Å². The van der Waals surface area contributed by atoms with Crippen molar-refractivity contribution in [1.29, 1.82) is 0 Å². The van der Waals surface area contributed by atoms with Gasteiger partial charge in [-0.05, 0) is 12.8 Å². The Morgan fingerprint density at radius 3 is 3.12 bits per heavy atom. The van der Waals surface area contributed by atoms with Crippen LogP contribution in [-0.2, 0) is 6.42 Å². The highest BCUT2D eigenvalue weighted by molar-refractivity contribution is 7.07. The van der Waals surface area contributed by atoms with Crippen molar-refractivity contribution in [2.24, 2.45) is 0 Å². The summed E-state index contributed by atoms with van der Waals surface area (Å²) in [6.45, 7) is 0.906. The summed E-state index contributed by atoms with van der Waals surface area (Å²) in [5, 5.41) is 13.3. The standard InChI is InChI=1S/C10H12N4OS/c1-2-7(1)11-4-3-9-13-14-10(15-9)8-5-16-6-12-8/h5-7,11H,1-4H2. The Labute approximate surface area is 96.9 Å². The molecule has 1 fully saturated rings. The molecular weight excluding hydrogens is 224 g/mol. The Bertz CT molecular complexity index is 449. The fraction of sp³-hybridized carbons (Fsp3) is 0.500. The van der Waals surface area contributed by atoms with Crippen LogP contribution in [0.5, 0.6) is 0 Å². The van der Waals surface area contributed by atoms with Crippen LogP contribution in [0, 0.1) is 0 Å². The van der Waals surface area contributed by atoms with E-state index in [1.807, 2.05) is 5.38 Å². The zero-order valence-corrected chi connectivity index (χ0v) is 9.54. The molecule has 1 aliphatic rings. The summed E-state index contributed by atoms with van der Waals surface area (Å²) < 4.78 is 5.51. The fourth-order valence-corrected chi connectivity index (χ4v) is 1.97. The minimum absolute atomic E-state index is 0.516. The number of hydrogen-bond acceptors (Lipinski definition) is 6. The van der Waals surface area contributed by atoms with Crippen LogP contribution in [0.4, 0.5) is 0 Å². The predicted molar refractivity (Wildman–Crippen MR) is 60.1 cm³/mol. The second-order valence-corrected chi connectivity index (χ2v) is 4.57. The highest BCUT2D eigenvalue weighted by atomic mass is 32.1. The van der Waals surface area contributed by atoms with Crippen molar-refractivity contribution < 1.29 is 4.42 Å². The summed E-state index contributed by atoms with van der Waals surface area (Å²) in [5.74, 6) is 1.19. The zero-order valence-electron chi connectivity index (χ0n) is 8.72. The van der Waals surface area contributed by atoms with E-state index < -0.39 is 0 Å². The Kier molecular flexibility index (Phi) is 2.67. The first-order valence-corrected chi connectivity index (χ1v) is 6.30. The topological polar surface area (TPSA) is 63.8 Å². The Morgan fingerprint density at radius 2 is 2.38 bits per heavy atom. The van der Waals surface area contributed by atoms with Crippen LogP contribution in [0.25, 0.3) is 11.6 Å². The van der Waals surface area contributed by atoms with E-state index in [1.165, 1.54) is 24.2 Å². The molecule has 0 saturated heterocycles. The van der Waals surface area contributed by atoms with E-state index in [2.05, 4.69) is 20.5 Å². The normalized spacial score (nSPS) is 15.5. The summed E-state index contributed by atoms with van der Waals surface area (Å²) in [6.07, 6.45) is 3.38. The summed E-state index contributed by atoms with van der Waals surface area (Å²) >= 11 is 1.52. The number of nitrogens with zero attached hydrogens (tertiary/aromatic N) is 3. The monoisotopic (exact) mass is 236 g/mol. The molecule has 2 aromatic rings. The molecule has 0 atom stereocenters. The van der Waals surface area contributed by atoms with E-state index in [0.29, 0.717) is 11.8 Å². The first-order chi connectivity index (χ1) is 7.92. The van der Waals surface area contributed by atoms with Crippen LogP contribution < -0.4 is 5.32 Å². The van der Waals surface area contributed by atoms with E-state index in [0.717, 1.165) is 24.7 Å². The van der Waals surface area contributed by atoms with Crippen LogP contribution in [0.2, 0.25) is 0 Å². The lowest BCUT2D eigenvalue weighted by molar-refractivity contribution is 0.493. The summed E-state index contributed by atoms with van der Waals surface area (Å²) in [6, 6.07) is 0.723. The van der Waals surface area contributed by atoms with Gasteiger partial charge in [-0.2, -0.15) is 0 Å². The van der Waals surface area contributed by atoms with Gasteiger partial charge in [-0.3, -0.25) is 0 Å². The van der Waals surface area contributed by atoms with E-state index in [1.54, 1.807) is 5.51 Å². The van der Waals surface area contributed by atoms with Crippen LogP contribution in [0.15, 0.2) is 15.3 Å². The third-order valence-corrected chi connectivity index (χ3v) is 3.05. The Hall–Kier alpha value is -1.27. The Balaban J connectivity index is 1.59. The highest BCUT2D eigenvalue weighted by Crippen LogP contribution is 2.19. The van der Waals surface area contributed by atoms with Gasteiger partial charge in [0.25, 0.3) is 5.89 Å². The van der Waals surface area contributed by atoms with Crippen LogP contribution in [0.3, 0.4) is 0 Å². The van der Waals surface area contributed by atoms with Crippen molar-refractivity contribution in [3.05, 3.63) is 16.8 Å². The first-order valence-electron chi connectivity index (χ1n) is 5.36. The van der Waals surface area contributed by atoms with Gasteiger partial charge in [0, 0.05) is 24.4 Å². The van der Waals surface area contributed by atoms with E-state index in [4.69, 9.17) is 4.42 Å². The second kappa shape index (κ2) is 4.31. The van der Waals surface area contributed by atoms with Gasteiger partial charge in [-0.25, -0.2) is 4.98 Å². The van der Waals surface area contributed by atoms with Gasteiger partial charge in [0.05, 0.1) is 5.51 Å². The minimum atomic E-state index is 0.516. The molecule has 0 unspecified atom stereocenters. The molecule has 2 aromatic heterocycles. The molecule has 1 aliphatic carbocycles. The maximum Gasteiger partial charge on any atom is 0.267 e. The molecule has 0 spiro atoms. The lowest BCUT2D eigenvalue weighted by Crippen LogP contribution is -2.19. The molecule has 0 amide bonds. The lowest BCUT2D eigenvalue weighted by atomic mass is 10.4. The van der Waals surface area contributed by atoms with Gasteiger partial charge in [0.1, 0.15) is 5.69 Å². The smallest absolute Gasteiger partial charge is 0.267 e. The molecule has 0 aromatic carbocycles. The average molecular weight is 236 g/mol. The van der Waals surface area contributed by atoms with Crippen molar-refractivity contribution in [2.45, 2.75) is 25.3 Å². The first kappa shape index (κ1) is 9.92. The van der Waals surface area contributed by atoms with Gasteiger partial charge >= 0.3 is 0 Å². The second-order valence-electron chi connectivity index (χ2n) is 3.85. The minimum Gasteiger partial charge on any atom is -0.419 e. The molecule has 16 heavy (non-hydrogen) atoms. The fourth-order valence-electron chi connectivity index (χ4n) is 1.45. The zero-order chi connectivity index (χ0) is 10.8. The van der Waals surface area contributed by atoms with Gasteiger partial charge < -0.3 is 9.73 Å². The third-order valence-electron chi connectivity index (χ3n) is 2.47. The van der Waals surface area contributed by atoms with Gasteiger partial charge in [-0.15, -0.1) is 21.5 Å². The van der Waals surface area contributed by atoms with E-state index in [-0.39, 0.29) is 0 Å². The average Bonchev–Trinajstić information content (AvgIpc) is 2.83. The number of aromatic nitrogens is 3.